The predicted molar refractivity (Wildman–Crippen MR) is 67.0 cm³/mol. The summed E-state index contributed by atoms with van der Waals surface area (Å²) in [6.45, 7) is 2.21. The van der Waals surface area contributed by atoms with Gasteiger partial charge in [0.1, 0.15) is 6.54 Å². The summed E-state index contributed by atoms with van der Waals surface area (Å²) in [4.78, 5) is 13.4. The Kier molecular flexibility index (Phi) is 4.48. The fourth-order valence-corrected chi connectivity index (χ4v) is 1.91. The van der Waals surface area contributed by atoms with Crippen LogP contribution in [0.4, 0.5) is 25.1 Å². The lowest BCUT2D eigenvalue weighted by molar-refractivity contribution is -0.115. The van der Waals surface area contributed by atoms with Crippen molar-refractivity contribution in [1.29, 1.82) is 0 Å². The number of hydrogen-bond donors (Lipinski definition) is 1. The van der Waals surface area contributed by atoms with Crippen LogP contribution in [0.25, 0.3) is 0 Å². The lowest BCUT2D eigenvalue weighted by Crippen LogP contribution is -2.44. The van der Waals surface area contributed by atoms with Gasteiger partial charge in [0.2, 0.25) is 17.2 Å². The second-order valence-corrected chi connectivity index (χ2v) is 4.65. The van der Waals surface area contributed by atoms with E-state index in [1.165, 1.54) is 0 Å². The molecule has 1 N–H and O–H groups in total. The first-order valence-corrected chi connectivity index (χ1v) is 6.29. The predicted octanol–water partition coefficient (Wildman–Crippen LogP) is 1.72. The third kappa shape index (κ3) is 4.07. The molecule has 1 aromatic rings. The normalized spacial score (nSPS) is 20.1. The zero-order valence-electron chi connectivity index (χ0n) is 10.6. The summed E-state index contributed by atoms with van der Waals surface area (Å²) in [6.07, 6.45) is -4.36. The number of rotatable bonds is 3. The number of halogens is 4. The van der Waals surface area contributed by atoms with Gasteiger partial charge in [0, 0.05) is 6.54 Å². The van der Waals surface area contributed by atoms with E-state index in [2.05, 4.69) is 20.3 Å². The summed E-state index contributed by atoms with van der Waals surface area (Å²) in [5.74, 6) is 0.0430. The molecule has 6 nitrogen and oxygen atoms in total. The summed E-state index contributed by atoms with van der Waals surface area (Å²) < 4.78 is 41.8. The molecule has 0 saturated carbocycles. The lowest BCUT2D eigenvalue weighted by Gasteiger charge is -2.33. The molecule has 112 valence electrons. The van der Waals surface area contributed by atoms with Crippen molar-refractivity contribution in [2.24, 2.45) is 0 Å². The number of nitrogens with zero attached hydrogens (tertiary/aromatic N) is 4. The molecule has 1 fully saturated rings. The molecule has 1 aromatic heterocycles. The molecule has 1 atom stereocenters. The standard InChI is InChI=1S/C10H13ClF3N5O/c1-6-4-20-3-2-19(6)9-17-7(11)16-8(18-9)15-5-10(12,13)14/h6H,2-5H2,1H3,(H,15,16,17,18)/t6-/m1/s1. The van der Waals surface area contributed by atoms with Gasteiger partial charge in [-0.15, -0.1) is 0 Å². The van der Waals surface area contributed by atoms with Crippen molar-refractivity contribution in [3.63, 3.8) is 0 Å². The quantitative estimate of drug-likeness (QED) is 0.917. The van der Waals surface area contributed by atoms with Gasteiger partial charge in [0.05, 0.1) is 19.3 Å². The number of ether oxygens (including phenoxy) is 1. The van der Waals surface area contributed by atoms with Crippen LogP contribution in [0.5, 0.6) is 0 Å². The van der Waals surface area contributed by atoms with Crippen molar-refractivity contribution < 1.29 is 17.9 Å². The van der Waals surface area contributed by atoms with Crippen molar-refractivity contribution in [2.75, 3.05) is 36.5 Å². The van der Waals surface area contributed by atoms with Gasteiger partial charge in [-0.3, -0.25) is 0 Å². The molecule has 2 heterocycles. The van der Waals surface area contributed by atoms with E-state index in [1.54, 1.807) is 0 Å². The van der Waals surface area contributed by atoms with Crippen LogP contribution < -0.4 is 10.2 Å². The maximum atomic E-state index is 12.2. The van der Waals surface area contributed by atoms with Gasteiger partial charge in [0.25, 0.3) is 0 Å². The summed E-state index contributed by atoms with van der Waals surface area (Å²) in [5.41, 5.74) is 0. The Hall–Kier alpha value is -1.35. The number of aromatic nitrogens is 3. The first-order chi connectivity index (χ1) is 9.35. The number of morpholine rings is 1. The van der Waals surface area contributed by atoms with Crippen molar-refractivity contribution in [2.45, 2.75) is 19.1 Å². The minimum Gasteiger partial charge on any atom is -0.377 e. The number of nitrogens with one attached hydrogen (secondary N) is 1. The van der Waals surface area contributed by atoms with E-state index in [-0.39, 0.29) is 23.2 Å². The summed E-state index contributed by atoms with van der Waals surface area (Å²) in [7, 11) is 0. The third-order valence-electron chi connectivity index (χ3n) is 2.67. The van der Waals surface area contributed by atoms with Gasteiger partial charge in [-0.25, -0.2) is 0 Å². The zero-order valence-corrected chi connectivity index (χ0v) is 11.4. The molecule has 0 radical (unpaired) electrons. The van der Waals surface area contributed by atoms with Crippen molar-refractivity contribution in [1.82, 2.24) is 15.0 Å². The van der Waals surface area contributed by atoms with E-state index >= 15 is 0 Å². The Labute approximate surface area is 118 Å². The highest BCUT2D eigenvalue weighted by Gasteiger charge is 2.28. The topological polar surface area (TPSA) is 63.2 Å². The van der Waals surface area contributed by atoms with Crippen molar-refractivity contribution in [3.8, 4) is 0 Å². The average Bonchev–Trinajstić information content (AvgIpc) is 2.35. The van der Waals surface area contributed by atoms with Crippen LogP contribution >= 0.6 is 11.6 Å². The van der Waals surface area contributed by atoms with Gasteiger partial charge in [0.15, 0.2) is 0 Å². The molecular formula is C10H13ClF3N5O. The van der Waals surface area contributed by atoms with Crippen LogP contribution in [-0.4, -0.2) is 53.5 Å². The molecule has 0 unspecified atom stereocenters. The van der Waals surface area contributed by atoms with Crippen LogP contribution in [0.15, 0.2) is 0 Å². The highest BCUT2D eigenvalue weighted by atomic mass is 35.5. The first kappa shape index (κ1) is 15.0. The second kappa shape index (κ2) is 5.96. The molecule has 1 aliphatic heterocycles. The molecule has 0 aliphatic carbocycles. The van der Waals surface area contributed by atoms with Gasteiger partial charge in [-0.1, -0.05) is 0 Å². The molecule has 0 aromatic carbocycles. The van der Waals surface area contributed by atoms with Crippen LogP contribution in [0.3, 0.4) is 0 Å². The summed E-state index contributed by atoms with van der Waals surface area (Å²) in [6, 6.07) is 0.0117. The molecule has 0 amide bonds. The zero-order chi connectivity index (χ0) is 14.8. The minimum absolute atomic E-state index is 0.0117. The Morgan fingerprint density at radius 3 is 2.80 bits per heavy atom. The Morgan fingerprint density at radius 2 is 2.15 bits per heavy atom. The van der Waals surface area contributed by atoms with Gasteiger partial charge in [-0.05, 0) is 18.5 Å². The van der Waals surface area contributed by atoms with Gasteiger partial charge >= 0.3 is 6.18 Å². The van der Waals surface area contributed by atoms with Crippen molar-refractivity contribution in [3.05, 3.63) is 5.28 Å². The van der Waals surface area contributed by atoms with E-state index in [4.69, 9.17) is 16.3 Å². The molecule has 0 bridgehead atoms. The van der Waals surface area contributed by atoms with Crippen LogP contribution in [0, 0.1) is 0 Å². The maximum absolute atomic E-state index is 12.2. The van der Waals surface area contributed by atoms with Crippen LogP contribution in [0.1, 0.15) is 6.92 Å². The number of hydrogen-bond acceptors (Lipinski definition) is 6. The van der Waals surface area contributed by atoms with E-state index in [0.717, 1.165) is 0 Å². The average molecular weight is 312 g/mol. The summed E-state index contributed by atoms with van der Waals surface area (Å²) in [5, 5.41) is 1.94. The third-order valence-corrected chi connectivity index (χ3v) is 2.84. The fourth-order valence-electron chi connectivity index (χ4n) is 1.75. The Balaban J connectivity index is 2.15. The smallest absolute Gasteiger partial charge is 0.377 e. The highest BCUT2D eigenvalue weighted by Crippen LogP contribution is 2.20. The minimum atomic E-state index is -4.36. The number of alkyl halides is 3. The van der Waals surface area contributed by atoms with Crippen LogP contribution in [-0.2, 0) is 4.74 Å². The van der Waals surface area contributed by atoms with E-state index in [1.807, 2.05) is 11.8 Å². The van der Waals surface area contributed by atoms with Crippen LogP contribution in [0.2, 0.25) is 5.28 Å². The van der Waals surface area contributed by atoms with E-state index < -0.39 is 12.7 Å². The monoisotopic (exact) mass is 311 g/mol. The largest absolute Gasteiger partial charge is 0.405 e. The molecule has 0 spiro atoms. The number of anilines is 2. The van der Waals surface area contributed by atoms with Gasteiger partial charge < -0.3 is 15.0 Å². The fraction of sp³-hybridized carbons (Fsp3) is 0.700. The Bertz CT molecular complexity index is 473. The molecule has 1 aliphatic rings. The maximum Gasteiger partial charge on any atom is 0.405 e. The summed E-state index contributed by atoms with van der Waals surface area (Å²) >= 11 is 5.73. The van der Waals surface area contributed by atoms with Gasteiger partial charge in [-0.2, -0.15) is 28.1 Å². The molecular weight excluding hydrogens is 299 g/mol. The molecule has 10 heteroatoms. The Morgan fingerprint density at radius 1 is 1.40 bits per heavy atom. The second-order valence-electron chi connectivity index (χ2n) is 4.31. The van der Waals surface area contributed by atoms with E-state index in [0.29, 0.717) is 19.8 Å². The molecule has 2 rings (SSSR count). The molecule has 20 heavy (non-hydrogen) atoms. The molecule has 1 saturated heterocycles. The highest BCUT2D eigenvalue weighted by molar-refractivity contribution is 6.28. The van der Waals surface area contributed by atoms with E-state index in [9.17, 15) is 13.2 Å². The van der Waals surface area contributed by atoms with Crippen molar-refractivity contribution >= 4 is 23.5 Å². The lowest BCUT2D eigenvalue weighted by atomic mass is 10.3. The first-order valence-electron chi connectivity index (χ1n) is 5.92. The SMILES string of the molecule is C[C@@H]1COCCN1c1nc(Cl)nc(NCC(F)(F)F)n1.